The van der Waals surface area contributed by atoms with Crippen LogP contribution in [0.2, 0.25) is 0 Å². The van der Waals surface area contributed by atoms with E-state index in [-0.39, 0.29) is 17.4 Å². The van der Waals surface area contributed by atoms with Crippen molar-refractivity contribution in [1.82, 2.24) is 15.1 Å². The summed E-state index contributed by atoms with van der Waals surface area (Å²) in [6.07, 6.45) is 3.62. The zero-order chi connectivity index (χ0) is 16.5. The predicted octanol–water partition coefficient (Wildman–Crippen LogP) is 1.24. The smallest absolute Gasteiger partial charge is 0.254 e. The summed E-state index contributed by atoms with van der Waals surface area (Å²) in [6, 6.07) is 9.83. The van der Waals surface area contributed by atoms with Crippen LogP contribution in [0.4, 0.5) is 0 Å². The van der Waals surface area contributed by atoms with E-state index in [1.54, 1.807) is 17.8 Å². The third kappa shape index (κ3) is 3.79. The summed E-state index contributed by atoms with van der Waals surface area (Å²) in [5, 5.41) is 7.03. The largest absolute Gasteiger partial charge is 0.346 e. The van der Waals surface area contributed by atoms with Gasteiger partial charge in [0.15, 0.2) is 9.84 Å². The highest BCUT2D eigenvalue weighted by Gasteiger charge is 2.39. The molecule has 0 aliphatic carbocycles. The summed E-state index contributed by atoms with van der Waals surface area (Å²) >= 11 is 0. The lowest BCUT2D eigenvalue weighted by atomic mass is 10.0. The number of benzene rings is 1. The minimum absolute atomic E-state index is 0.0100. The van der Waals surface area contributed by atoms with Gasteiger partial charge in [-0.15, -0.1) is 0 Å². The molecule has 1 aliphatic rings. The molecule has 23 heavy (non-hydrogen) atoms. The lowest BCUT2D eigenvalue weighted by Crippen LogP contribution is -2.46. The Kier molecular flexibility index (Phi) is 3.97. The third-order valence-corrected chi connectivity index (χ3v) is 5.90. The average Bonchev–Trinajstić information content (AvgIpc) is 3.04. The van der Waals surface area contributed by atoms with E-state index in [0.717, 1.165) is 5.56 Å². The molecule has 1 atom stereocenters. The Morgan fingerprint density at radius 3 is 2.74 bits per heavy atom. The molecular weight excluding hydrogens is 314 g/mol. The standard InChI is InChI=1S/C16H19N3O3S/c1-16(7-8-23(21,22)12-16)18-15(20)14-9-17-19(11-14)10-13-5-3-2-4-6-13/h2-6,9,11H,7-8,10,12H2,1H3,(H,18,20)/t16-/m1/s1. The maximum atomic E-state index is 12.3. The zero-order valence-corrected chi connectivity index (χ0v) is 13.7. The van der Waals surface area contributed by atoms with E-state index in [2.05, 4.69) is 10.4 Å². The third-order valence-electron chi connectivity index (χ3n) is 4.00. The summed E-state index contributed by atoms with van der Waals surface area (Å²) in [4.78, 5) is 12.3. The molecule has 3 rings (SSSR count). The fourth-order valence-electron chi connectivity index (χ4n) is 2.79. The average molecular weight is 333 g/mol. The lowest BCUT2D eigenvalue weighted by Gasteiger charge is -2.23. The van der Waals surface area contributed by atoms with Gasteiger partial charge >= 0.3 is 0 Å². The van der Waals surface area contributed by atoms with E-state index in [9.17, 15) is 13.2 Å². The number of nitrogens with zero attached hydrogens (tertiary/aromatic N) is 2. The number of hydrogen-bond donors (Lipinski definition) is 1. The molecule has 1 aromatic heterocycles. The second-order valence-corrected chi connectivity index (χ2v) is 8.45. The summed E-state index contributed by atoms with van der Waals surface area (Å²) in [5.41, 5.74) is 0.833. The molecule has 1 saturated heterocycles. The van der Waals surface area contributed by atoms with Crippen molar-refractivity contribution in [3.05, 3.63) is 53.9 Å². The molecular formula is C16H19N3O3S. The van der Waals surface area contributed by atoms with Crippen LogP contribution >= 0.6 is 0 Å². The number of amides is 1. The monoisotopic (exact) mass is 333 g/mol. The molecule has 0 spiro atoms. The van der Waals surface area contributed by atoms with Gasteiger partial charge < -0.3 is 5.32 Å². The van der Waals surface area contributed by atoms with Crippen LogP contribution in [-0.4, -0.2) is 41.2 Å². The van der Waals surface area contributed by atoms with E-state index >= 15 is 0 Å². The summed E-state index contributed by atoms with van der Waals surface area (Å²) in [5.74, 6) is -0.176. The van der Waals surface area contributed by atoms with Crippen LogP contribution in [0.5, 0.6) is 0 Å². The first-order valence-electron chi connectivity index (χ1n) is 7.45. The van der Waals surface area contributed by atoms with Gasteiger partial charge in [0.05, 0.1) is 35.3 Å². The molecule has 2 aromatic rings. The molecule has 6 nitrogen and oxygen atoms in total. The maximum absolute atomic E-state index is 12.3. The van der Waals surface area contributed by atoms with Crippen molar-refractivity contribution >= 4 is 15.7 Å². The van der Waals surface area contributed by atoms with Gasteiger partial charge in [-0.25, -0.2) is 8.42 Å². The summed E-state index contributed by atoms with van der Waals surface area (Å²) in [7, 11) is -3.05. The molecule has 1 aromatic carbocycles. The molecule has 2 heterocycles. The summed E-state index contributed by atoms with van der Waals surface area (Å²) < 4.78 is 24.9. The van der Waals surface area contributed by atoms with Crippen LogP contribution in [-0.2, 0) is 16.4 Å². The van der Waals surface area contributed by atoms with Crippen molar-refractivity contribution < 1.29 is 13.2 Å². The normalized spacial score (nSPS) is 22.8. The van der Waals surface area contributed by atoms with Gasteiger partial charge in [-0.2, -0.15) is 5.10 Å². The molecule has 1 N–H and O–H groups in total. The van der Waals surface area contributed by atoms with Crippen LogP contribution in [0.25, 0.3) is 0 Å². The molecule has 0 saturated carbocycles. The molecule has 0 radical (unpaired) electrons. The van der Waals surface area contributed by atoms with Crippen molar-refractivity contribution in [2.45, 2.75) is 25.4 Å². The van der Waals surface area contributed by atoms with Crippen molar-refractivity contribution in [3.63, 3.8) is 0 Å². The molecule has 122 valence electrons. The fraction of sp³-hybridized carbons (Fsp3) is 0.375. The van der Waals surface area contributed by atoms with E-state index in [0.29, 0.717) is 18.5 Å². The van der Waals surface area contributed by atoms with Gasteiger partial charge in [0.2, 0.25) is 0 Å². The first-order valence-corrected chi connectivity index (χ1v) is 9.27. The number of carbonyl (C=O) groups is 1. The SMILES string of the molecule is C[C@@]1(NC(=O)c2cnn(Cc3ccccc3)c2)CCS(=O)(=O)C1. The highest BCUT2D eigenvalue weighted by Crippen LogP contribution is 2.23. The maximum Gasteiger partial charge on any atom is 0.254 e. The first-order chi connectivity index (χ1) is 10.9. The zero-order valence-electron chi connectivity index (χ0n) is 12.9. The van der Waals surface area contributed by atoms with Gasteiger partial charge in [-0.1, -0.05) is 30.3 Å². The molecule has 7 heteroatoms. The Labute approximate surface area is 135 Å². The highest BCUT2D eigenvalue weighted by atomic mass is 32.2. The second kappa shape index (κ2) is 5.81. The van der Waals surface area contributed by atoms with Crippen molar-refractivity contribution in [2.24, 2.45) is 0 Å². The Hall–Kier alpha value is -2.15. The van der Waals surface area contributed by atoms with E-state index in [1.807, 2.05) is 30.3 Å². The van der Waals surface area contributed by atoms with Crippen LogP contribution in [0.15, 0.2) is 42.7 Å². The van der Waals surface area contributed by atoms with Crippen molar-refractivity contribution in [2.75, 3.05) is 11.5 Å². The molecule has 1 amide bonds. The second-order valence-electron chi connectivity index (χ2n) is 6.27. The van der Waals surface area contributed by atoms with E-state index in [4.69, 9.17) is 0 Å². The Bertz CT molecular complexity index is 814. The Morgan fingerprint density at radius 1 is 1.35 bits per heavy atom. The number of carbonyl (C=O) groups excluding carboxylic acids is 1. The minimum Gasteiger partial charge on any atom is -0.346 e. The topological polar surface area (TPSA) is 81.1 Å². The number of rotatable bonds is 4. The van der Waals surface area contributed by atoms with Crippen LogP contribution in [0.3, 0.4) is 0 Å². The number of hydrogen-bond acceptors (Lipinski definition) is 4. The molecule has 0 bridgehead atoms. The van der Waals surface area contributed by atoms with Crippen LogP contribution < -0.4 is 5.32 Å². The predicted molar refractivity (Wildman–Crippen MR) is 86.9 cm³/mol. The summed E-state index contributed by atoms with van der Waals surface area (Å²) in [6.45, 7) is 2.35. The Balaban J connectivity index is 1.67. The highest BCUT2D eigenvalue weighted by molar-refractivity contribution is 7.91. The Morgan fingerprint density at radius 2 is 2.09 bits per heavy atom. The first kappa shape index (κ1) is 15.7. The van der Waals surface area contributed by atoms with Crippen molar-refractivity contribution in [3.8, 4) is 0 Å². The van der Waals surface area contributed by atoms with Gasteiger partial charge in [0.1, 0.15) is 0 Å². The number of nitrogens with one attached hydrogen (secondary N) is 1. The van der Waals surface area contributed by atoms with Gasteiger partial charge in [0.25, 0.3) is 5.91 Å². The minimum atomic E-state index is -3.05. The van der Waals surface area contributed by atoms with Crippen molar-refractivity contribution in [1.29, 1.82) is 0 Å². The number of sulfone groups is 1. The fourth-order valence-corrected chi connectivity index (χ4v) is 4.89. The van der Waals surface area contributed by atoms with E-state index in [1.165, 1.54) is 6.20 Å². The van der Waals surface area contributed by atoms with Gasteiger partial charge in [0, 0.05) is 6.20 Å². The van der Waals surface area contributed by atoms with Gasteiger partial charge in [-0.05, 0) is 18.9 Å². The van der Waals surface area contributed by atoms with Crippen LogP contribution in [0, 0.1) is 0 Å². The quantitative estimate of drug-likeness (QED) is 0.913. The number of aromatic nitrogens is 2. The molecule has 1 aliphatic heterocycles. The van der Waals surface area contributed by atoms with Crippen LogP contribution in [0.1, 0.15) is 29.3 Å². The van der Waals surface area contributed by atoms with Gasteiger partial charge in [-0.3, -0.25) is 9.48 Å². The van der Waals surface area contributed by atoms with E-state index < -0.39 is 15.4 Å². The lowest BCUT2D eigenvalue weighted by molar-refractivity contribution is 0.0915. The molecule has 0 unspecified atom stereocenters. The molecule has 1 fully saturated rings.